The minimum atomic E-state index is 0.739. The second kappa shape index (κ2) is 9.12. The summed E-state index contributed by atoms with van der Waals surface area (Å²) in [6, 6.07) is 26.3. The molecule has 5 heteroatoms. The van der Waals surface area contributed by atoms with E-state index in [0.29, 0.717) is 0 Å². The summed E-state index contributed by atoms with van der Waals surface area (Å²) in [7, 11) is 1.67. The van der Waals surface area contributed by atoms with E-state index in [4.69, 9.17) is 21.3 Å². The zero-order chi connectivity index (χ0) is 20.1. The Bertz CT molecular complexity index is 1130. The summed E-state index contributed by atoms with van der Waals surface area (Å²) >= 11 is 7.73. The summed E-state index contributed by atoms with van der Waals surface area (Å²) in [5.74, 6) is 0.828. The normalized spacial score (nSPS) is 11.6. The second-order valence-electron chi connectivity index (χ2n) is 6.61. The van der Waals surface area contributed by atoms with Gasteiger partial charge in [-0.05, 0) is 53.9 Å². The fourth-order valence-corrected chi connectivity index (χ4v) is 4.22. The number of thiazole rings is 1. The van der Waals surface area contributed by atoms with Crippen molar-refractivity contribution in [2.45, 2.75) is 13.0 Å². The number of methoxy groups -OCH3 is 1. The molecule has 3 aromatic carbocycles. The molecule has 0 aliphatic rings. The predicted octanol–water partition coefficient (Wildman–Crippen LogP) is 6.35. The van der Waals surface area contributed by atoms with Crippen LogP contribution in [0.2, 0.25) is 5.02 Å². The molecule has 0 N–H and O–H groups in total. The third-order valence-corrected chi connectivity index (χ3v) is 5.82. The van der Waals surface area contributed by atoms with E-state index in [0.717, 1.165) is 45.5 Å². The van der Waals surface area contributed by atoms with Crippen molar-refractivity contribution in [3.8, 4) is 17.0 Å². The van der Waals surface area contributed by atoms with Gasteiger partial charge < -0.3 is 9.30 Å². The molecule has 0 aliphatic carbocycles. The number of nitrogens with zero attached hydrogens (tertiary/aromatic N) is 2. The van der Waals surface area contributed by atoms with Gasteiger partial charge >= 0.3 is 0 Å². The van der Waals surface area contributed by atoms with Gasteiger partial charge in [0.05, 0.1) is 18.5 Å². The maximum Gasteiger partial charge on any atom is 0.190 e. The maximum absolute atomic E-state index is 6.08. The summed E-state index contributed by atoms with van der Waals surface area (Å²) in [6.07, 6.45) is 0.938. The van der Waals surface area contributed by atoms with E-state index < -0.39 is 0 Å². The van der Waals surface area contributed by atoms with Crippen LogP contribution in [0.4, 0.5) is 5.69 Å². The van der Waals surface area contributed by atoms with Crippen molar-refractivity contribution in [3.05, 3.63) is 99.6 Å². The van der Waals surface area contributed by atoms with Crippen LogP contribution in [0.25, 0.3) is 11.3 Å². The molecule has 3 nitrogen and oxygen atoms in total. The first kappa shape index (κ1) is 19.5. The van der Waals surface area contributed by atoms with E-state index in [-0.39, 0.29) is 0 Å². The largest absolute Gasteiger partial charge is 0.497 e. The van der Waals surface area contributed by atoms with Gasteiger partial charge in [-0.2, -0.15) is 0 Å². The molecule has 0 saturated heterocycles. The van der Waals surface area contributed by atoms with E-state index in [1.165, 1.54) is 5.56 Å². The Morgan fingerprint density at radius 1 is 0.931 bits per heavy atom. The Morgan fingerprint density at radius 2 is 1.66 bits per heavy atom. The fraction of sp³-hybridized carbons (Fsp3) is 0.125. The number of benzene rings is 3. The maximum atomic E-state index is 6.08. The molecule has 4 aromatic rings. The van der Waals surface area contributed by atoms with Crippen LogP contribution in [0.5, 0.6) is 5.75 Å². The van der Waals surface area contributed by atoms with Crippen LogP contribution in [0.1, 0.15) is 5.56 Å². The molecular formula is C24H21ClN2OS. The molecule has 1 heterocycles. The van der Waals surface area contributed by atoms with Crippen LogP contribution in [-0.2, 0) is 13.0 Å². The van der Waals surface area contributed by atoms with Gasteiger partial charge in [-0.3, -0.25) is 0 Å². The average Bonchev–Trinajstić information content (AvgIpc) is 3.16. The summed E-state index contributed by atoms with van der Waals surface area (Å²) in [5, 5.41) is 2.90. The molecule has 146 valence electrons. The first-order chi connectivity index (χ1) is 14.2. The molecule has 0 bridgehead atoms. The zero-order valence-corrected chi connectivity index (χ0v) is 17.7. The van der Waals surface area contributed by atoms with Gasteiger partial charge in [0.25, 0.3) is 0 Å². The number of aryl methyl sites for hydroxylation is 1. The summed E-state index contributed by atoms with van der Waals surface area (Å²) in [4.78, 5) is 5.86. The SMILES string of the molecule is COc1ccc(N=c2scc(-c3ccc(Cl)cc3)n2CCc2ccccc2)cc1. The molecule has 1 aromatic heterocycles. The van der Waals surface area contributed by atoms with Gasteiger partial charge in [-0.1, -0.05) is 54.1 Å². The predicted molar refractivity (Wildman–Crippen MR) is 121 cm³/mol. The van der Waals surface area contributed by atoms with Gasteiger partial charge in [-0.15, -0.1) is 11.3 Å². The Kier molecular flexibility index (Phi) is 6.13. The number of hydrogen-bond acceptors (Lipinski definition) is 3. The summed E-state index contributed by atoms with van der Waals surface area (Å²) < 4.78 is 7.53. The molecule has 0 spiro atoms. The van der Waals surface area contributed by atoms with Crippen LogP contribution in [0.3, 0.4) is 0 Å². The molecule has 0 fully saturated rings. The molecule has 0 atom stereocenters. The zero-order valence-electron chi connectivity index (χ0n) is 16.1. The van der Waals surface area contributed by atoms with Gasteiger partial charge in [0.1, 0.15) is 5.75 Å². The van der Waals surface area contributed by atoms with Crippen LogP contribution in [0.15, 0.2) is 89.2 Å². The van der Waals surface area contributed by atoms with Crippen LogP contribution < -0.4 is 9.54 Å². The molecule has 0 aliphatic heterocycles. The van der Waals surface area contributed by atoms with Gasteiger partial charge in [-0.25, -0.2) is 4.99 Å². The Labute approximate surface area is 179 Å². The topological polar surface area (TPSA) is 26.5 Å². The van der Waals surface area contributed by atoms with E-state index in [2.05, 4.69) is 46.3 Å². The Hall–Kier alpha value is -2.82. The van der Waals surface area contributed by atoms with E-state index in [1.807, 2.05) is 42.5 Å². The fourth-order valence-electron chi connectivity index (χ4n) is 3.14. The minimum Gasteiger partial charge on any atom is -0.497 e. The van der Waals surface area contributed by atoms with Crippen molar-refractivity contribution in [2.75, 3.05) is 7.11 Å². The van der Waals surface area contributed by atoms with Crippen molar-refractivity contribution in [1.29, 1.82) is 0 Å². The molecule has 0 amide bonds. The number of hydrogen-bond donors (Lipinski definition) is 0. The molecule has 0 radical (unpaired) electrons. The highest BCUT2D eigenvalue weighted by Gasteiger charge is 2.09. The molecular weight excluding hydrogens is 400 g/mol. The molecule has 0 unspecified atom stereocenters. The summed E-state index contributed by atoms with van der Waals surface area (Å²) in [5.41, 5.74) is 4.50. The smallest absolute Gasteiger partial charge is 0.190 e. The van der Waals surface area contributed by atoms with Gasteiger partial charge in [0.2, 0.25) is 0 Å². The molecule has 0 saturated carbocycles. The van der Waals surface area contributed by atoms with Crippen molar-refractivity contribution in [3.63, 3.8) is 0 Å². The first-order valence-corrected chi connectivity index (χ1v) is 10.7. The minimum absolute atomic E-state index is 0.739. The van der Waals surface area contributed by atoms with Gasteiger partial charge in [0, 0.05) is 16.9 Å². The van der Waals surface area contributed by atoms with E-state index in [9.17, 15) is 0 Å². The van der Waals surface area contributed by atoms with Gasteiger partial charge in [0.15, 0.2) is 4.80 Å². The lowest BCUT2D eigenvalue weighted by Crippen LogP contribution is -2.17. The highest BCUT2D eigenvalue weighted by Crippen LogP contribution is 2.24. The lowest BCUT2D eigenvalue weighted by molar-refractivity contribution is 0.415. The molecule has 4 rings (SSSR count). The second-order valence-corrected chi connectivity index (χ2v) is 7.88. The monoisotopic (exact) mass is 420 g/mol. The van der Waals surface area contributed by atoms with Crippen LogP contribution in [-0.4, -0.2) is 11.7 Å². The third kappa shape index (κ3) is 4.78. The van der Waals surface area contributed by atoms with Crippen LogP contribution in [0, 0.1) is 0 Å². The van der Waals surface area contributed by atoms with Crippen molar-refractivity contribution < 1.29 is 4.74 Å². The standard InChI is InChI=1S/C24H21ClN2OS/c1-28-22-13-11-21(12-14-22)26-24-27(16-15-18-5-3-2-4-6-18)23(17-29-24)19-7-9-20(25)10-8-19/h2-14,17H,15-16H2,1H3. The number of aromatic nitrogens is 1. The van der Waals surface area contributed by atoms with Crippen molar-refractivity contribution in [2.24, 2.45) is 4.99 Å². The van der Waals surface area contributed by atoms with E-state index >= 15 is 0 Å². The number of halogens is 1. The Balaban J connectivity index is 1.73. The van der Waals surface area contributed by atoms with E-state index in [1.54, 1.807) is 18.4 Å². The first-order valence-electron chi connectivity index (χ1n) is 9.40. The average molecular weight is 421 g/mol. The number of ether oxygens (including phenoxy) is 1. The van der Waals surface area contributed by atoms with Crippen LogP contribution >= 0.6 is 22.9 Å². The quantitative estimate of drug-likeness (QED) is 0.356. The number of rotatable bonds is 6. The Morgan fingerprint density at radius 3 is 2.34 bits per heavy atom. The third-order valence-electron chi connectivity index (χ3n) is 4.70. The lowest BCUT2D eigenvalue weighted by atomic mass is 10.1. The lowest BCUT2D eigenvalue weighted by Gasteiger charge is -2.10. The van der Waals surface area contributed by atoms with Crippen molar-refractivity contribution in [1.82, 2.24) is 4.57 Å². The molecule has 29 heavy (non-hydrogen) atoms. The van der Waals surface area contributed by atoms with Crippen molar-refractivity contribution >= 4 is 28.6 Å². The summed E-state index contributed by atoms with van der Waals surface area (Å²) in [6.45, 7) is 0.848. The highest BCUT2D eigenvalue weighted by molar-refractivity contribution is 7.07. The highest BCUT2D eigenvalue weighted by atomic mass is 35.5.